The van der Waals surface area contributed by atoms with E-state index in [1.165, 1.54) is 25.4 Å². The molecule has 1 N–H and O–H groups in total. The second-order valence-electron chi connectivity index (χ2n) is 7.23. The van der Waals surface area contributed by atoms with Crippen molar-refractivity contribution in [3.63, 3.8) is 0 Å². The van der Waals surface area contributed by atoms with Gasteiger partial charge in [0.15, 0.2) is 11.5 Å². The maximum absolute atomic E-state index is 12.9. The molecule has 1 aromatic carbocycles. The summed E-state index contributed by atoms with van der Waals surface area (Å²) in [7, 11) is 6.87. The molecular weight excluding hydrogens is 388 g/mol. The normalized spacial score (nSPS) is 18.3. The fourth-order valence-corrected chi connectivity index (χ4v) is 3.55. The first kappa shape index (κ1) is 21.4. The monoisotopic (exact) mass is 414 g/mol. The Hall–Kier alpha value is -3.26. The number of likely N-dealkylation sites (tertiary alicyclic amines) is 1. The molecule has 2 aromatic rings. The number of carbonyl (C=O) groups is 2. The third kappa shape index (κ3) is 4.04. The van der Waals surface area contributed by atoms with E-state index in [-0.39, 0.29) is 11.3 Å². The van der Waals surface area contributed by atoms with Crippen LogP contribution < -0.4 is 9.47 Å². The number of ketones is 1. The van der Waals surface area contributed by atoms with Gasteiger partial charge in [-0.25, -0.2) is 0 Å². The van der Waals surface area contributed by atoms with Gasteiger partial charge >= 0.3 is 0 Å². The highest BCUT2D eigenvalue weighted by Gasteiger charge is 2.47. The summed E-state index contributed by atoms with van der Waals surface area (Å²) in [6, 6.07) is 7.38. The van der Waals surface area contributed by atoms with Crippen LogP contribution in [0, 0.1) is 0 Å². The highest BCUT2D eigenvalue weighted by molar-refractivity contribution is 6.46. The van der Waals surface area contributed by atoms with E-state index < -0.39 is 17.7 Å². The Bertz CT molecular complexity index is 949. The Morgan fingerprint density at radius 2 is 1.90 bits per heavy atom. The Balaban J connectivity index is 2.06. The minimum atomic E-state index is -0.796. The molecule has 160 valence electrons. The fourth-order valence-electron chi connectivity index (χ4n) is 3.55. The van der Waals surface area contributed by atoms with Crippen LogP contribution in [-0.2, 0) is 9.59 Å². The molecule has 1 aromatic heterocycles. The van der Waals surface area contributed by atoms with Crippen LogP contribution in [0.5, 0.6) is 11.5 Å². The van der Waals surface area contributed by atoms with E-state index in [0.717, 1.165) is 6.54 Å². The zero-order valence-electron chi connectivity index (χ0n) is 17.5. The van der Waals surface area contributed by atoms with E-state index >= 15 is 0 Å². The lowest BCUT2D eigenvalue weighted by molar-refractivity contribution is -0.140. The number of ether oxygens (including phenoxy) is 2. The number of hydrogen-bond acceptors (Lipinski definition) is 7. The number of carbonyl (C=O) groups excluding carboxylic acids is 2. The van der Waals surface area contributed by atoms with Crippen LogP contribution in [0.2, 0.25) is 0 Å². The smallest absolute Gasteiger partial charge is 0.295 e. The zero-order valence-corrected chi connectivity index (χ0v) is 17.5. The Labute approximate surface area is 175 Å². The van der Waals surface area contributed by atoms with Crippen molar-refractivity contribution in [2.75, 3.05) is 41.4 Å². The molecule has 1 aliphatic heterocycles. The highest BCUT2D eigenvalue weighted by Crippen LogP contribution is 2.40. The molecule has 0 saturated carbocycles. The summed E-state index contributed by atoms with van der Waals surface area (Å²) in [6.45, 7) is 1.11. The SMILES string of the molecule is COc1ccc(/C(O)=C2/C(=O)C(=O)N(CCCN(C)C)C2c2ccco2)cc1OC. The number of aliphatic hydroxyl groups excluding tert-OH is 1. The standard InChI is InChI=1S/C22H26N2O6/c1-23(2)10-6-11-24-19(16-7-5-12-30-16)18(21(26)22(24)27)20(25)14-8-9-15(28-3)17(13-14)29-4/h5,7-9,12-13,19,25H,6,10-11H2,1-4H3/b20-18-. The average Bonchev–Trinajstić information content (AvgIpc) is 3.35. The van der Waals surface area contributed by atoms with Crippen LogP contribution in [0.25, 0.3) is 5.76 Å². The van der Waals surface area contributed by atoms with Gasteiger partial charge in [-0.2, -0.15) is 0 Å². The van der Waals surface area contributed by atoms with Gasteiger partial charge in [0.05, 0.1) is 26.1 Å². The maximum Gasteiger partial charge on any atom is 0.295 e. The Morgan fingerprint density at radius 1 is 1.17 bits per heavy atom. The topological polar surface area (TPSA) is 92.5 Å². The molecule has 0 bridgehead atoms. The van der Waals surface area contributed by atoms with Crippen molar-refractivity contribution in [2.24, 2.45) is 0 Å². The molecule has 0 radical (unpaired) electrons. The summed E-state index contributed by atoms with van der Waals surface area (Å²) >= 11 is 0. The van der Waals surface area contributed by atoms with Gasteiger partial charge in [0.1, 0.15) is 17.6 Å². The Kier molecular flexibility index (Phi) is 6.47. The van der Waals surface area contributed by atoms with E-state index in [1.54, 1.807) is 30.3 Å². The molecule has 0 spiro atoms. The fraction of sp³-hybridized carbons (Fsp3) is 0.364. The van der Waals surface area contributed by atoms with Crippen LogP contribution in [0.3, 0.4) is 0 Å². The molecule has 1 unspecified atom stereocenters. The van der Waals surface area contributed by atoms with Crippen molar-refractivity contribution in [1.82, 2.24) is 9.80 Å². The van der Waals surface area contributed by atoms with Crippen LogP contribution in [0.4, 0.5) is 0 Å². The van der Waals surface area contributed by atoms with Gasteiger partial charge in [-0.15, -0.1) is 0 Å². The van der Waals surface area contributed by atoms with E-state index in [4.69, 9.17) is 13.9 Å². The van der Waals surface area contributed by atoms with Gasteiger partial charge in [0.25, 0.3) is 11.7 Å². The molecule has 3 rings (SSSR count). The molecule has 0 aliphatic carbocycles. The molecule has 2 heterocycles. The first-order valence-corrected chi connectivity index (χ1v) is 9.58. The minimum absolute atomic E-state index is 0.00739. The van der Waals surface area contributed by atoms with E-state index in [9.17, 15) is 14.7 Å². The Morgan fingerprint density at radius 3 is 2.50 bits per heavy atom. The molecule has 1 fully saturated rings. The van der Waals surface area contributed by atoms with Gasteiger partial charge in [0.2, 0.25) is 0 Å². The second kappa shape index (κ2) is 9.04. The number of benzene rings is 1. The summed E-state index contributed by atoms with van der Waals surface area (Å²) in [5.74, 6) is -0.380. The van der Waals surface area contributed by atoms with Crippen LogP contribution in [0.15, 0.2) is 46.6 Å². The molecule has 8 heteroatoms. The van der Waals surface area contributed by atoms with Gasteiger partial charge < -0.3 is 28.8 Å². The summed E-state index contributed by atoms with van der Waals surface area (Å²) in [4.78, 5) is 29.1. The molecule has 1 aliphatic rings. The minimum Gasteiger partial charge on any atom is -0.507 e. The van der Waals surface area contributed by atoms with Crippen molar-refractivity contribution in [3.05, 3.63) is 53.5 Å². The summed E-state index contributed by atoms with van der Waals surface area (Å²) < 4.78 is 16.0. The van der Waals surface area contributed by atoms with E-state index in [1.807, 2.05) is 19.0 Å². The van der Waals surface area contributed by atoms with Crippen molar-refractivity contribution in [3.8, 4) is 11.5 Å². The number of methoxy groups -OCH3 is 2. The van der Waals surface area contributed by atoms with Crippen LogP contribution >= 0.6 is 0 Å². The van der Waals surface area contributed by atoms with Crippen molar-refractivity contribution < 1.29 is 28.6 Å². The lowest BCUT2D eigenvalue weighted by Crippen LogP contribution is -2.32. The number of amides is 1. The van der Waals surface area contributed by atoms with Gasteiger partial charge in [-0.05, 0) is 57.4 Å². The summed E-state index contributed by atoms with van der Waals surface area (Å²) in [5, 5.41) is 11.0. The third-order valence-electron chi connectivity index (χ3n) is 5.01. The van der Waals surface area contributed by atoms with Crippen molar-refractivity contribution in [2.45, 2.75) is 12.5 Å². The highest BCUT2D eigenvalue weighted by atomic mass is 16.5. The first-order valence-electron chi connectivity index (χ1n) is 9.58. The largest absolute Gasteiger partial charge is 0.507 e. The third-order valence-corrected chi connectivity index (χ3v) is 5.01. The predicted octanol–water partition coefficient (Wildman–Crippen LogP) is 2.67. The molecular formula is C22H26N2O6. The molecule has 1 saturated heterocycles. The average molecular weight is 414 g/mol. The number of aliphatic hydroxyl groups is 1. The predicted molar refractivity (Wildman–Crippen MR) is 110 cm³/mol. The summed E-state index contributed by atoms with van der Waals surface area (Å²) in [5.41, 5.74) is 0.336. The summed E-state index contributed by atoms with van der Waals surface area (Å²) in [6.07, 6.45) is 2.15. The van der Waals surface area contributed by atoms with Crippen LogP contribution in [0.1, 0.15) is 23.8 Å². The lowest BCUT2D eigenvalue weighted by Gasteiger charge is -2.24. The quantitative estimate of drug-likeness (QED) is 0.403. The maximum atomic E-state index is 12.9. The lowest BCUT2D eigenvalue weighted by atomic mass is 9.99. The van der Waals surface area contributed by atoms with Gasteiger partial charge in [-0.1, -0.05) is 0 Å². The first-order chi connectivity index (χ1) is 14.4. The number of nitrogens with zero attached hydrogens (tertiary/aromatic N) is 2. The molecule has 8 nitrogen and oxygen atoms in total. The number of rotatable bonds is 8. The number of furan rings is 1. The van der Waals surface area contributed by atoms with E-state index in [0.29, 0.717) is 35.8 Å². The van der Waals surface area contributed by atoms with Crippen molar-refractivity contribution in [1.29, 1.82) is 0 Å². The van der Waals surface area contributed by atoms with Gasteiger partial charge in [0, 0.05) is 12.1 Å². The van der Waals surface area contributed by atoms with Gasteiger partial charge in [-0.3, -0.25) is 9.59 Å². The van der Waals surface area contributed by atoms with Crippen molar-refractivity contribution >= 4 is 17.4 Å². The molecule has 1 amide bonds. The zero-order chi connectivity index (χ0) is 21.8. The molecule has 30 heavy (non-hydrogen) atoms. The number of hydrogen-bond donors (Lipinski definition) is 1. The second-order valence-corrected chi connectivity index (χ2v) is 7.23. The molecule has 1 atom stereocenters. The number of Topliss-reactive ketones (excluding diaryl/α,β-unsaturated/α-hetero) is 1. The van der Waals surface area contributed by atoms with Crippen LogP contribution in [-0.4, -0.2) is 68.0 Å². The van der Waals surface area contributed by atoms with E-state index in [2.05, 4.69) is 0 Å².